The lowest BCUT2D eigenvalue weighted by Crippen LogP contribution is -2.52. The summed E-state index contributed by atoms with van der Waals surface area (Å²) < 4.78 is 22.6. The molecule has 0 aliphatic heterocycles. The molecule has 1 fully saturated rings. The Morgan fingerprint density at radius 1 is 1.28 bits per heavy atom. The topological polar surface area (TPSA) is 83.5 Å². The third kappa shape index (κ3) is 2.33. The van der Waals surface area contributed by atoms with Gasteiger partial charge in [0.15, 0.2) is 9.84 Å². The van der Waals surface area contributed by atoms with E-state index in [0.29, 0.717) is 18.5 Å². The van der Waals surface area contributed by atoms with Crippen LogP contribution < -0.4 is 5.32 Å². The van der Waals surface area contributed by atoms with Gasteiger partial charge in [-0.3, -0.25) is 0 Å². The number of nitrogens with one attached hydrogen (secondary N) is 1. The Morgan fingerprint density at radius 3 is 2.17 bits per heavy atom. The lowest BCUT2D eigenvalue weighted by atomic mass is 9.76. The van der Waals surface area contributed by atoms with Crippen LogP contribution in [0.1, 0.15) is 19.3 Å². The largest absolute Gasteiger partial charge is 0.480 e. The molecule has 0 unspecified atom stereocenters. The van der Waals surface area contributed by atoms with Crippen molar-refractivity contribution in [3.63, 3.8) is 0 Å². The number of benzene rings is 1. The van der Waals surface area contributed by atoms with E-state index in [-0.39, 0.29) is 4.90 Å². The van der Waals surface area contributed by atoms with Gasteiger partial charge in [-0.2, -0.15) is 0 Å². The predicted molar refractivity (Wildman–Crippen MR) is 67.4 cm³/mol. The van der Waals surface area contributed by atoms with Crippen molar-refractivity contribution in [1.29, 1.82) is 0 Å². The lowest BCUT2D eigenvalue weighted by Gasteiger charge is -2.39. The highest BCUT2D eigenvalue weighted by atomic mass is 32.2. The molecule has 0 radical (unpaired) electrons. The molecule has 0 amide bonds. The van der Waals surface area contributed by atoms with Crippen LogP contribution in [0.2, 0.25) is 0 Å². The summed E-state index contributed by atoms with van der Waals surface area (Å²) in [4.78, 5) is 11.4. The van der Waals surface area contributed by atoms with Gasteiger partial charge in [0.05, 0.1) is 4.90 Å². The normalized spacial score (nSPS) is 17.8. The van der Waals surface area contributed by atoms with Crippen LogP contribution in [0.5, 0.6) is 0 Å². The molecule has 0 bridgehead atoms. The number of rotatable bonds is 4. The standard InChI is InChI=1S/C12H15NO4S/c1-18(16,17)10-5-3-9(4-6-10)13-12(11(14)15)7-2-8-12/h3-6,13H,2,7-8H2,1H3,(H,14,15). The SMILES string of the molecule is CS(=O)(=O)c1ccc(NC2(C(=O)O)CCC2)cc1. The minimum atomic E-state index is -3.22. The van der Waals surface area contributed by atoms with Crippen molar-refractivity contribution in [3.8, 4) is 0 Å². The van der Waals surface area contributed by atoms with Crippen molar-refractivity contribution < 1.29 is 18.3 Å². The van der Waals surface area contributed by atoms with Crippen LogP contribution in [-0.4, -0.2) is 31.3 Å². The first-order valence-electron chi connectivity index (χ1n) is 5.65. The number of hydrogen-bond donors (Lipinski definition) is 2. The van der Waals surface area contributed by atoms with Crippen molar-refractivity contribution in [1.82, 2.24) is 0 Å². The molecule has 0 atom stereocenters. The molecule has 2 N–H and O–H groups in total. The highest BCUT2D eigenvalue weighted by Crippen LogP contribution is 2.35. The maximum absolute atomic E-state index is 11.3. The van der Waals surface area contributed by atoms with E-state index in [0.717, 1.165) is 12.7 Å². The molecule has 0 spiro atoms. The fourth-order valence-electron chi connectivity index (χ4n) is 1.98. The van der Waals surface area contributed by atoms with Crippen molar-refractivity contribution >= 4 is 21.5 Å². The molecule has 1 saturated carbocycles. The second-order valence-electron chi connectivity index (χ2n) is 4.66. The molecule has 2 rings (SSSR count). The zero-order chi connectivity index (χ0) is 13.4. The Bertz CT molecular complexity index is 558. The van der Waals surface area contributed by atoms with E-state index in [1.54, 1.807) is 12.1 Å². The van der Waals surface area contributed by atoms with Gasteiger partial charge in [-0.05, 0) is 43.5 Å². The van der Waals surface area contributed by atoms with Crippen molar-refractivity contribution in [2.75, 3.05) is 11.6 Å². The highest BCUT2D eigenvalue weighted by molar-refractivity contribution is 7.90. The second kappa shape index (κ2) is 4.28. The van der Waals surface area contributed by atoms with Gasteiger partial charge in [-0.1, -0.05) is 0 Å². The lowest BCUT2D eigenvalue weighted by molar-refractivity contribution is -0.145. The van der Waals surface area contributed by atoms with Gasteiger partial charge >= 0.3 is 5.97 Å². The number of carboxylic acids is 1. The van der Waals surface area contributed by atoms with Gasteiger partial charge in [0, 0.05) is 11.9 Å². The smallest absolute Gasteiger partial charge is 0.329 e. The van der Waals surface area contributed by atoms with Gasteiger partial charge < -0.3 is 10.4 Å². The van der Waals surface area contributed by atoms with E-state index in [2.05, 4.69) is 5.32 Å². The summed E-state index contributed by atoms with van der Waals surface area (Å²) in [7, 11) is -3.22. The van der Waals surface area contributed by atoms with Gasteiger partial charge in [-0.25, -0.2) is 13.2 Å². The molecule has 0 heterocycles. The Morgan fingerprint density at radius 2 is 1.83 bits per heavy atom. The van der Waals surface area contributed by atoms with E-state index in [4.69, 9.17) is 0 Å². The zero-order valence-electron chi connectivity index (χ0n) is 10.0. The van der Waals surface area contributed by atoms with E-state index in [1.807, 2.05) is 0 Å². The van der Waals surface area contributed by atoms with Crippen LogP contribution in [0.4, 0.5) is 5.69 Å². The van der Waals surface area contributed by atoms with Gasteiger partial charge in [0.25, 0.3) is 0 Å². The van der Waals surface area contributed by atoms with Crippen molar-refractivity contribution in [2.45, 2.75) is 29.7 Å². The molecule has 1 aliphatic carbocycles. The van der Waals surface area contributed by atoms with E-state index in [1.165, 1.54) is 12.1 Å². The molecule has 0 aromatic heterocycles. The third-order valence-corrected chi connectivity index (χ3v) is 4.41. The van der Waals surface area contributed by atoms with Crippen molar-refractivity contribution in [3.05, 3.63) is 24.3 Å². The van der Waals surface area contributed by atoms with E-state index < -0.39 is 21.3 Å². The molecule has 6 heteroatoms. The monoisotopic (exact) mass is 269 g/mol. The summed E-state index contributed by atoms with van der Waals surface area (Å²) >= 11 is 0. The Labute approximate surface area is 106 Å². The summed E-state index contributed by atoms with van der Waals surface area (Å²) in [6.45, 7) is 0. The average Bonchev–Trinajstić information content (AvgIpc) is 2.22. The average molecular weight is 269 g/mol. The fraction of sp³-hybridized carbons (Fsp3) is 0.417. The number of sulfone groups is 1. The number of aliphatic carboxylic acids is 1. The molecular weight excluding hydrogens is 254 g/mol. The molecule has 0 saturated heterocycles. The van der Waals surface area contributed by atoms with Gasteiger partial charge in [0.1, 0.15) is 5.54 Å². The predicted octanol–water partition coefficient (Wildman–Crippen LogP) is 1.51. The van der Waals surface area contributed by atoms with Crippen LogP contribution in [0.15, 0.2) is 29.2 Å². The summed E-state index contributed by atoms with van der Waals surface area (Å²) in [5, 5.41) is 12.1. The number of hydrogen-bond acceptors (Lipinski definition) is 4. The Hall–Kier alpha value is -1.56. The molecule has 1 aliphatic rings. The van der Waals surface area contributed by atoms with Crippen LogP contribution in [0.25, 0.3) is 0 Å². The fourth-order valence-corrected chi connectivity index (χ4v) is 2.61. The molecular formula is C12H15NO4S. The minimum absolute atomic E-state index is 0.228. The maximum Gasteiger partial charge on any atom is 0.329 e. The minimum Gasteiger partial charge on any atom is -0.480 e. The number of carbonyl (C=O) groups is 1. The molecule has 18 heavy (non-hydrogen) atoms. The summed E-state index contributed by atoms with van der Waals surface area (Å²) in [6.07, 6.45) is 3.22. The molecule has 98 valence electrons. The highest BCUT2D eigenvalue weighted by Gasteiger charge is 2.44. The van der Waals surface area contributed by atoms with E-state index in [9.17, 15) is 18.3 Å². The Kier molecular flexibility index (Phi) is 3.06. The van der Waals surface area contributed by atoms with Crippen LogP contribution >= 0.6 is 0 Å². The first-order valence-corrected chi connectivity index (χ1v) is 7.54. The van der Waals surface area contributed by atoms with Gasteiger partial charge in [0.2, 0.25) is 0 Å². The van der Waals surface area contributed by atoms with Crippen LogP contribution in [0.3, 0.4) is 0 Å². The molecule has 1 aromatic carbocycles. The molecule has 1 aromatic rings. The van der Waals surface area contributed by atoms with Crippen LogP contribution in [0, 0.1) is 0 Å². The number of anilines is 1. The van der Waals surface area contributed by atoms with Crippen molar-refractivity contribution in [2.24, 2.45) is 0 Å². The maximum atomic E-state index is 11.3. The molecule has 5 nitrogen and oxygen atoms in total. The Balaban J connectivity index is 2.19. The first-order chi connectivity index (χ1) is 8.33. The quantitative estimate of drug-likeness (QED) is 0.865. The van der Waals surface area contributed by atoms with Gasteiger partial charge in [-0.15, -0.1) is 0 Å². The summed E-state index contributed by atoms with van der Waals surface area (Å²) in [6, 6.07) is 6.15. The summed E-state index contributed by atoms with van der Waals surface area (Å²) in [5.74, 6) is -0.860. The second-order valence-corrected chi connectivity index (χ2v) is 6.68. The summed E-state index contributed by atoms with van der Waals surface area (Å²) in [5.41, 5.74) is -0.253. The van der Waals surface area contributed by atoms with E-state index >= 15 is 0 Å². The third-order valence-electron chi connectivity index (χ3n) is 3.28. The zero-order valence-corrected chi connectivity index (χ0v) is 10.8. The first kappa shape index (κ1) is 12.9. The van der Waals surface area contributed by atoms with Crippen LogP contribution in [-0.2, 0) is 14.6 Å². The number of carboxylic acid groups (broad SMARTS) is 1.